The Kier molecular flexibility index (Phi) is 6.32. The van der Waals surface area contributed by atoms with Gasteiger partial charge in [-0.25, -0.2) is 0 Å². The van der Waals surface area contributed by atoms with Crippen molar-refractivity contribution in [2.45, 2.75) is 19.4 Å². The Bertz CT molecular complexity index is 875. The molecule has 0 bridgehead atoms. The van der Waals surface area contributed by atoms with Gasteiger partial charge in [0.1, 0.15) is 0 Å². The van der Waals surface area contributed by atoms with Crippen molar-refractivity contribution in [1.29, 1.82) is 0 Å². The summed E-state index contributed by atoms with van der Waals surface area (Å²) in [5.41, 5.74) is 2.63. The molecule has 2 aromatic rings. The maximum atomic E-state index is 12.1. The van der Waals surface area contributed by atoms with E-state index >= 15 is 0 Å². The van der Waals surface area contributed by atoms with Crippen molar-refractivity contribution in [2.24, 2.45) is 0 Å². The third-order valence-corrected chi connectivity index (χ3v) is 4.64. The Morgan fingerprint density at radius 1 is 1.14 bits per heavy atom. The molecule has 0 atom stereocenters. The van der Waals surface area contributed by atoms with Crippen LogP contribution in [-0.2, 0) is 16.1 Å². The van der Waals surface area contributed by atoms with Crippen LogP contribution >= 0.6 is 0 Å². The molecule has 146 valence electrons. The lowest BCUT2D eigenvalue weighted by molar-refractivity contribution is -0.117. The number of methoxy groups -OCH3 is 2. The summed E-state index contributed by atoms with van der Waals surface area (Å²) in [4.78, 5) is 25.7. The fourth-order valence-electron chi connectivity index (χ4n) is 3.19. The number of anilines is 1. The van der Waals surface area contributed by atoms with Crippen LogP contribution in [0.25, 0.3) is 6.08 Å². The molecule has 0 radical (unpaired) electrons. The van der Waals surface area contributed by atoms with Crippen LogP contribution < -0.4 is 19.7 Å². The largest absolute Gasteiger partial charge is 0.493 e. The van der Waals surface area contributed by atoms with Gasteiger partial charge in [-0.3, -0.25) is 9.59 Å². The first kappa shape index (κ1) is 19.5. The van der Waals surface area contributed by atoms with Gasteiger partial charge in [0.2, 0.25) is 11.8 Å². The molecule has 1 saturated heterocycles. The summed E-state index contributed by atoms with van der Waals surface area (Å²) in [6.07, 6.45) is 4.75. The van der Waals surface area contributed by atoms with Crippen LogP contribution in [0.15, 0.2) is 48.5 Å². The molecule has 1 N–H and O–H groups in total. The third kappa shape index (κ3) is 4.52. The molecule has 0 aliphatic carbocycles. The lowest BCUT2D eigenvalue weighted by atomic mass is 10.1. The van der Waals surface area contributed by atoms with Gasteiger partial charge in [-0.2, -0.15) is 0 Å². The number of benzene rings is 2. The molecule has 1 aliphatic heterocycles. The number of hydrogen-bond donors (Lipinski definition) is 1. The summed E-state index contributed by atoms with van der Waals surface area (Å²) in [6.45, 7) is 1.10. The number of amides is 2. The number of carbonyl (C=O) groups excluding carboxylic acids is 2. The number of rotatable bonds is 7. The second-order valence-electron chi connectivity index (χ2n) is 6.44. The quantitative estimate of drug-likeness (QED) is 0.750. The highest BCUT2D eigenvalue weighted by atomic mass is 16.5. The van der Waals surface area contributed by atoms with Crippen LogP contribution in [0.2, 0.25) is 0 Å². The third-order valence-electron chi connectivity index (χ3n) is 4.64. The van der Waals surface area contributed by atoms with Crippen LogP contribution in [0, 0.1) is 0 Å². The van der Waals surface area contributed by atoms with Crippen molar-refractivity contribution >= 4 is 23.6 Å². The lowest BCUT2D eigenvalue weighted by Gasteiger charge is -2.15. The smallest absolute Gasteiger partial charge is 0.244 e. The molecule has 0 saturated carbocycles. The van der Waals surface area contributed by atoms with Gasteiger partial charge >= 0.3 is 0 Å². The minimum atomic E-state index is -0.205. The van der Waals surface area contributed by atoms with Gasteiger partial charge < -0.3 is 19.7 Å². The van der Waals surface area contributed by atoms with E-state index in [1.807, 2.05) is 42.5 Å². The standard InChI is InChI=1S/C22H24N2O4/c1-27-19-6-3-5-17(22(19)28-2)15-23-20(25)13-10-16-8-11-18(12-9-16)24-14-4-7-21(24)26/h3,5-6,8-13H,4,7,14-15H2,1-2H3,(H,23,25)/b13-10+. The molecule has 3 rings (SSSR count). The van der Waals surface area contributed by atoms with Gasteiger partial charge in [0, 0.05) is 36.8 Å². The highest BCUT2D eigenvalue weighted by Crippen LogP contribution is 2.30. The molecule has 2 aromatic carbocycles. The van der Waals surface area contributed by atoms with Crippen molar-refractivity contribution in [2.75, 3.05) is 25.7 Å². The van der Waals surface area contributed by atoms with Crippen LogP contribution in [0.4, 0.5) is 5.69 Å². The highest BCUT2D eigenvalue weighted by Gasteiger charge is 2.21. The van der Waals surface area contributed by atoms with Gasteiger partial charge in [-0.1, -0.05) is 24.3 Å². The molecule has 6 heteroatoms. The number of para-hydroxylation sites is 1. The lowest BCUT2D eigenvalue weighted by Crippen LogP contribution is -2.23. The van der Waals surface area contributed by atoms with Crippen LogP contribution in [0.3, 0.4) is 0 Å². The van der Waals surface area contributed by atoms with Crippen molar-refractivity contribution in [1.82, 2.24) is 5.32 Å². The van der Waals surface area contributed by atoms with E-state index in [2.05, 4.69) is 5.32 Å². The van der Waals surface area contributed by atoms with Crippen LogP contribution in [0.1, 0.15) is 24.0 Å². The summed E-state index contributed by atoms with van der Waals surface area (Å²) in [6, 6.07) is 13.1. The Morgan fingerprint density at radius 3 is 2.57 bits per heavy atom. The maximum absolute atomic E-state index is 12.1. The zero-order valence-corrected chi connectivity index (χ0v) is 16.1. The molecule has 28 heavy (non-hydrogen) atoms. The molecule has 1 fully saturated rings. The monoisotopic (exact) mass is 380 g/mol. The van der Waals surface area contributed by atoms with Crippen molar-refractivity contribution in [3.8, 4) is 11.5 Å². The topological polar surface area (TPSA) is 67.9 Å². The predicted octanol–water partition coefficient (Wildman–Crippen LogP) is 3.16. The second-order valence-corrected chi connectivity index (χ2v) is 6.44. The molecule has 0 aromatic heterocycles. The SMILES string of the molecule is COc1cccc(CNC(=O)/C=C/c2ccc(N3CCCC3=O)cc2)c1OC. The molecular formula is C22H24N2O4. The summed E-state index contributed by atoms with van der Waals surface area (Å²) < 4.78 is 10.6. The predicted molar refractivity (Wildman–Crippen MR) is 108 cm³/mol. The Morgan fingerprint density at radius 2 is 1.93 bits per heavy atom. The fraction of sp³-hybridized carbons (Fsp3) is 0.273. The Hall–Kier alpha value is -3.28. The molecule has 2 amide bonds. The summed E-state index contributed by atoms with van der Waals surface area (Å²) in [7, 11) is 3.15. The number of ether oxygens (including phenoxy) is 2. The molecular weight excluding hydrogens is 356 g/mol. The van der Waals surface area contributed by atoms with Crippen molar-refractivity contribution < 1.29 is 19.1 Å². The number of nitrogens with one attached hydrogen (secondary N) is 1. The van der Waals surface area contributed by atoms with E-state index in [4.69, 9.17) is 9.47 Å². The van der Waals surface area contributed by atoms with Crippen molar-refractivity contribution in [3.05, 3.63) is 59.7 Å². The number of carbonyl (C=O) groups is 2. The van der Waals surface area contributed by atoms with E-state index in [-0.39, 0.29) is 11.8 Å². The minimum Gasteiger partial charge on any atom is -0.493 e. The highest BCUT2D eigenvalue weighted by molar-refractivity contribution is 5.95. The van der Waals surface area contributed by atoms with Crippen LogP contribution in [-0.4, -0.2) is 32.6 Å². The molecule has 1 heterocycles. The van der Waals surface area contributed by atoms with Gasteiger partial charge in [-0.15, -0.1) is 0 Å². The molecule has 0 spiro atoms. The zero-order valence-electron chi connectivity index (χ0n) is 16.1. The van der Waals surface area contributed by atoms with E-state index in [1.54, 1.807) is 25.2 Å². The number of nitrogens with zero attached hydrogens (tertiary/aromatic N) is 1. The first-order valence-electron chi connectivity index (χ1n) is 9.18. The van der Waals surface area contributed by atoms with E-state index in [1.165, 1.54) is 6.08 Å². The second kappa shape index (κ2) is 9.08. The van der Waals surface area contributed by atoms with E-state index in [9.17, 15) is 9.59 Å². The summed E-state index contributed by atoms with van der Waals surface area (Å²) in [5.74, 6) is 1.20. The summed E-state index contributed by atoms with van der Waals surface area (Å²) in [5, 5.41) is 2.84. The first-order chi connectivity index (χ1) is 13.6. The van der Waals surface area contributed by atoms with Crippen molar-refractivity contribution in [3.63, 3.8) is 0 Å². The molecule has 0 unspecified atom stereocenters. The number of hydrogen-bond acceptors (Lipinski definition) is 4. The Labute approximate surface area is 164 Å². The average Bonchev–Trinajstić information content (AvgIpc) is 3.16. The van der Waals surface area contributed by atoms with E-state index in [0.717, 1.165) is 29.8 Å². The van der Waals surface area contributed by atoms with E-state index in [0.29, 0.717) is 24.5 Å². The minimum absolute atomic E-state index is 0.163. The maximum Gasteiger partial charge on any atom is 0.244 e. The van der Waals surface area contributed by atoms with E-state index < -0.39 is 0 Å². The normalized spacial score (nSPS) is 13.8. The zero-order chi connectivity index (χ0) is 19.9. The van der Waals surface area contributed by atoms with Gasteiger partial charge in [0.25, 0.3) is 0 Å². The van der Waals surface area contributed by atoms with Gasteiger partial charge in [0.15, 0.2) is 11.5 Å². The average molecular weight is 380 g/mol. The Balaban J connectivity index is 1.58. The van der Waals surface area contributed by atoms with Gasteiger partial charge in [0.05, 0.1) is 14.2 Å². The summed E-state index contributed by atoms with van der Waals surface area (Å²) >= 11 is 0. The molecule has 1 aliphatic rings. The fourth-order valence-corrected chi connectivity index (χ4v) is 3.19. The van der Waals surface area contributed by atoms with Crippen LogP contribution in [0.5, 0.6) is 11.5 Å². The van der Waals surface area contributed by atoms with Gasteiger partial charge in [-0.05, 0) is 36.3 Å². The first-order valence-corrected chi connectivity index (χ1v) is 9.18. The molecule has 6 nitrogen and oxygen atoms in total.